The molecule has 0 fully saturated rings. The summed E-state index contributed by atoms with van der Waals surface area (Å²) < 4.78 is 0. The Balaban J connectivity index is 3.47. The highest BCUT2D eigenvalue weighted by molar-refractivity contribution is 5.14. The summed E-state index contributed by atoms with van der Waals surface area (Å²) in [5, 5.41) is 0. The lowest BCUT2D eigenvalue weighted by molar-refractivity contribution is 0.674. The van der Waals surface area contributed by atoms with E-state index >= 15 is 0 Å². The first-order valence-corrected chi connectivity index (χ1v) is 5.35. The van der Waals surface area contributed by atoms with Gasteiger partial charge in [-0.05, 0) is 38.3 Å². The largest absolute Gasteiger partial charge is 0.122 e. The fourth-order valence-corrected chi connectivity index (χ4v) is 1.22. The van der Waals surface area contributed by atoms with E-state index in [2.05, 4.69) is 31.7 Å². The van der Waals surface area contributed by atoms with Crippen molar-refractivity contribution < 1.29 is 0 Å². The van der Waals surface area contributed by atoms with E-state index in [0.717, 1.165) is 0 Å². The maximum atomic E-state index is 3.15. The van der Waals surface area contributed by atoms with Gasteiger partial charge in [-0.25, -0.2) is 0 Å². The molecular formula is C13H22. The van der Waals surface area contributed by atoms with Gasteiger partial charge in [0.05, 0.1) is 0 Å². The van der Waals surface area contributed by atoms with Crippen LogP contribution >= 0.6 is 0 Å². The van der Waals surface area contributed by atoms with Gasteiger partial charge in [0.25, 0.3) is 0 Å². The zero-order valence-corrected chi connectivity index (χ0v) is 9.27. The second kappa shape index (κ2) is 9.35. The van der Waals surface area contributed by atoms with Crippen LogP contribution in [0.1, 0.15) is 52.9 Å². The van der Waals surface area contributed by atoms with Gasteiger partial charge >= 0.3 is 0 Å². The molecule has 0 rings (SSSR count). The van der Waals surface area contributed by atoms with Gasteiger partial charge in [-0.15, -0.1) is 5.73 Å². The van der Waals surface area contributed by atoms with Crippen LogP contribution in [0.3, 0.4) is 0 Å². The molecule has 13 heavy (non-hydrogen) atoms. The summed E-state index contributed by atoms with van der Waals surface area (Å²) in [6.07, 6.45) is 13.0. The van der Waals surface area contributed by atoms with E-state index in [4.69, 9.17) is 0 Å². The molecule has 74 valence electrons. The molecule has 0 bridgehead atoms. The highest BCUT2D eigenvalue weighted by atomic mass is 13.9. The fraction of sp³-hybridized carbons (Fsp3) is 0.615. The minimum Gasteiger partial charge on any atom is -0.122 e. The molecule has 0 aliphatic carbocycles. The Labute approximate surface area is 83.0 Å². The molecule has 0 saturated heterocycles. The third-order valence-corrected chi connectivity index (χ3v) is 1.96. The van der Waals surface area contributed by atoms with Crippen molar-refractivity contribution >= 4 is 0 Å². The first-order chi connectivity index (χ1) is 6.31. The van der Waals surface area contributed by atoms with E-state index in [0.29, 0.717) is 0 Å². The molecule has 0 atom stereocenters. The van der Waals surface area contributed by atoms with Crippen LogP contribution in [0.15, 0.2) is 29.5 Å². The van der Waals surface area contributed by atoms with Crippen LogP contribution < -0.4 is 0 Å². The Hall–Kier alpha value is -0.740. The van der Waals surface area contributed by atoms with E-state index in [1.807, 2.05) is 13.0 Å². The molecule has 0 heteroatoms. The number of allylic oxidation sites excluding steroid dienone is 3. The van der Waals surface area contributed by atoms with Crippen molar-refractivity contribution in [2.45, 2.75) is 52.9 Å². The highest BCUT2D eigenvalue weighted by Crippen LogP contribution is 2.04. The molecule has 0 aromatic heterocycles. The molecule has 0 heterocycles. The lowest BCUT2D eigenvalue weighted by Crippen LogP contribution is -1.73. The molecule has 0 N–H and O–H groups in total. The molecule has 0 unspecified atom stereocenters. The van der Waals surface area contributed by atoms with Crippen molar-refractivity contribution in [2.24, 2.45) is 0 Å². The van der Waals surface area contributed by atoms with E-state index in [1.54, 1.807) is 0 Å². The number of unbranched alkanes of at least 4 members (excludes halogenated alkanes) is 4. The van der Waals surface area contributed by atoms with Crippen LogP contribution in [0.5, 0.6) is 0 Å². The molecule has 0 saturated carbocycles. The zero-order chi connectivity index (χ0) is 9.94. The summed E-state index contributed by atoms with van der Waals surface area (Å²) in [5.74, 6) is 0. The van der Waals surface area contributed by atoms with Gasteiger partial charge in [-0.1, -0.05) is 38.3 Å². The maximum absolute atomic E-state index is 3.15. The quantitative estimate of drug-likeness (QED) is 0.316. The lowest BCUT2D eigenvalue weighted by Gasteiger charge is -1.93. The Morgan fingerprint density at radius 3 is 2.62 bits per heavy atom. The minimum absolute atomic E-state index is 1.21. The van der Waals surface area contributed by atoms with Gasteiger partial charge in [0, 0.05) is 0 Å². The maximum Gasteiger partial charge on any atom is -0.00980 e. The standard InChI is InChI=1S/C13H22/c1-4-6-7-8-9-10-12-13(3)11-5-2/h5,10,12H,4,6-9H2,1-3H3/b12-10+. The summed E-state index contributed by atoms with van der Waals surface area (Å²) >= 11 is 0. The average Bonchev–Trinajstić information content (AvgIpc) is 2.11. The second-order valence-electron chi connectivity index (χ2n) is 3.37. The topological polar surface area (TPSA) is 0 Å². The van der Waals surface area contributed by atoms with Crippen molar-refractivity contribution in [3.63, 3.8) is 0 Å². The predicted molar refractivity (Wildman–Crippen MR) is 60.8 cm³/mol. The van der Waals surface area contributed by atoms with Gasteiger partial charge < -0.3 is 0 Å². The summed E-state index contributed by atoms with van der Waals surface area (Å²) in [6, 6.07) is 0. The molecule has 0 spiro atoms. The molecule has 0 aromatic rings. The third-order valence-electron chi connectivity index (χ3n) is 1.96. The smallest absolute Gasteiger partial charge is 0.00980 e. The molecule has 0 amide bonds. The van der Waals surface area contributed by atoms with Crippen LogP contribution in [0.4, 0.5) is 0 Å². The molecule has 0 aliphatic rings. The molecule has 0 radical (unpaired) electrons. The van der Waals surface area contributed by atoms with Crippen molar-refractivity contribution in [1.29, 1.82) is 0 Å². The summed E-state index contributed by atoms with van der Waals surface area (Å²) in [7, 11) is 0. The van der Waals surface area contributed by atoms with E-state index in [9.17, 15) is 0 Å². The molecular weight excluding hydrogens is 156 g/mol. The monoisotopic (exact) mass is 178 g/mol. The van der Waals surface area contributed by atoms with Crippen LogP contribution in [0.2, 0.25) is 0 Å². The molecule has 0 nitrogen and oxygen atoms in total. The first kappa shape index (κ1) is 12.3. The summed E-state index contributed by atoms with van der Waals surface area (Å²) in [4.78, 5) is 0. The van der Waals surface area contributed by atoms with Gasteiger partial charge in [-0.3, -0.25) is 0 Å². The van der Waals surface area contributed by atoms with Crippen LogP contribution in [0, 0.1) is 0 Å². The predicted octanol–water partition coefficient (Wildman–Crippen LogP) is 4.63. The SMILES string of the molecule is CC=C=C(C)/C=C/CCCCCC. The van der Waals surface area contributed by atoms with E-state index < -0.39 is 0 Å². The average molecular weight is 178 g/mol. The number of rotatable bonds is 6. The van der Waals surface area contributed by atoms with Crippen LogP contribution in [-0.2, 0) is 0 Å². The summed E-state index contributed by atoms with van der Waals surface area (Å²) in [6.45, 7) is 6.33. The van der Waals surface area contributed by atoms with Crippen molar-refractivity contribution in [1.82, 2.24) is 0 Å². The van der Waals surface area contributed by atoms with E-state index in [1.165, 1.54) is 37.7 Å². The van der Waals surface area contributed by atoms with Crippen LogP contribution in [-0.4, -0.2) is 0 Å². The van der Waals surface area contributed by atoms with Gasteiger partial charge in [0.15, 0.2) is 0 Å². The van der Waals surface area contributed by atoms with Gasteiger partial charge in [-0.2, -0.15) is 0 Å². The van der Waals surface area contributed by atoms with Gasteiger partial charge in [0.2, 0.25) is 0 Å². The highest BCUT2D eigenvalue weighted by Gasteiger charge is 1.84. The third kappa shape index (κ3) is 9.17. The van der Waals surface area contributed by atoms with Crippen molar-refractivity contribution in [3.8, 4) is 0 Å². The Morgan fingerprint density at radius 1 is 1.23 bits per heavy atom. The second-order valence-corrected chi connectivity index (χ2v) is 3.37. The molecule has 0 aromatic carbocycles. The van der Waals surface area contributed by atoms with Crippen molar-refractivity contribution in [3.05, 3.63) is 29.5 Å². The minimum atomic E-state index is 1.21. The first-order valence-electron chi connectivity index (χ1n) is 5.35. The Kier molecular flexibility index (Phi) is 8.82. The lowest BCUT2D eigenvalue weighted by atomic mass is 10.1. The summed E-state index contributed by atoms with van der Waals surface area (Å²) in [5.41, 5.74) is 4.37. The van der Waals surface area contributed by atoms with Crippen molar-refractivity contribution in [2.75, 3.05) is 0 Å². The number of hydrogen-bond donors (Lipinski definition) is 0. The Morgan fingerprint density at radius 2 is 2.00 bits per heavy atom. The van der Waals surface area contributed by atoms with Crippen LogP contribution in [0.25, 0.3) is 0 Å². The van der Waals surface area contributed by atoms with Gasteiger partial charge in [0.1, 0.15) is 0 Å². The van der Waals surface area contributed by atoms with E-state index in [-0.39, 0.29) is 0 Å². The number of hydrogen-bond acceptors (Lipinski definition) is 0. The molecule has 0 aliphatic heterocycles. The fourth-order valence-electron chi connectivity index (χ4n) is 1.22. The zero-order valence-electron chi connectivity index (χ0n) is 9.27. The Bertz CT molecular complexity index is 190. The normalized spacial score (nSPS) is 10.1.